The Bertz CT molecular complexity index is 813. The van der Waals surface area contributed by atoms with Gasteiger partial charge in [-0.25, -0.2) is 4.79 Å². The van der Waals surface area contributed by atoms with Crippen LogP contribution in [-0.2, 0) is 9.53 Å². The van der Waals surface area contributed by atoms with Gasteiger partial charge in [-0.3, -0.25) is 9.59 Å². The third-order valence-corrected chi connectivity index (χ3v) is 3.63. The average Bonchev–Trinajstić information content (AvgIpc) is 2.61. The van der Waals surface area contributed by atoms with Gasteiger partial charge in [-0.15, -0.1) is 0 Å². The highest BCUT2D eigenvalue weighted by Gasteiger charge is 2.11. The molecule has 2 aromatic rings. The number of carbonyl (C=O) groups excluding carboxylic acids is 3. The molecule has 0 bridgehead atoms. The number of amides is 2. The van der Waals surface area contributed by atoms with Crippen molar-refractivity contribution in [3.05, 3.63) is 59.2 Å². The maximum absolute atomic E-state index is 12.4. The van der Waals surface area contributed by atoms with E-state index >= 15 is 0 Å². The molecule has 0 aliphatic carbocycles. The number of hydrogen-bond acceptors (Lipinski definition) is 4. The molecule has 26 heavy (non-hydrogen) atoms. The number of nitrogens with one attached hydrogen (secondary N) is 2. The minimum Gasteiger partial charge on any atom is -0.462 e. The number of ether oxygens (including phenoxy) is 1. The van der Waals surface area contributed by atoms with Crippen molar-refractivity contribution in [1.82, 2.24) is 0 Å². The van der Waals surface area contributed by atoms with Crippen molar-refractivity contribution in [3.8, 4) is 0 Å². The zero-order chi connectivity index (χ0) is 19.1. The Hall–Kier alpha value is -3.15. The van der Waals surface area contributed by atoms with Crippen molar-refractivity contribution < 1.29 is 19.1 Å². The van der Waals surface area contributed by atoms with Crippen LogP contribution in [0.3, 0.4) is 0 Å². The van der Waals surface area contributed by atoms with E-state index in [1.54, 1.807) is 42.5 Å². The summed E-state index contributed by atoms with van der Waals surface area (Å²) >= 11 is 0. The van der Waals surface area contributed by atoms with Crippen molar-refractivity contribution in [1.29, 1.82) is 0 Å². The highest BCUT2D eigenvalue weighted by Crippen LogP contribution is 2.18. The minimum atomic E-state index is -0.386. The number of benzene rings is 2. The van der Waals surface area contributed by atoms with E-state index in [0.717, 1.165) is 12.0 Å². The fraction of sp³-hybridized carbons (Fsp3) is 0.250. The molecule has 0 atom stereocenters. The number of carbonyl (C=O) groups is 3. The molecule has 0 saturated carbocycles. The van der Waals surface area contributed by atoms with Gasteiger partial charge >= 0.3 is 5.97 Å². The van der Waals surface area contributed by atoms with Crippen molar-refractivity contribution in [2.75, 3.05) is 17.2 Å². The summed E-state index contributed by atoms with van der Waals surface area (Å²) in [7, 11) is 0. The number of rotatable bonds is 6. The number of esters is 1. The Morgan fingerprint density at radius 3 is 2.23 bits per heavy atom. The molecule has 0 aromatic heterocycles. The SMILES string of the molecule is CCCOC(=O)c1ccc(NC(=O)c2ccc(C)c(NC(C)=O)c2)cc1. The van der Waals surface area contributed by atoms with Gasteiger partial charge in [-0.1, -0.05) is 13.0 Å². The first-order chi connectivity index (χ1) is 12.4. The van der Waals surface area contributed by atoms with Gasteiger partial charge < -0.3 is 15.4 Å². The molecule has 2 rings (SSSR count). The predicted octanol–water partition coefficient (Wildman–Crippen LogP) is 3.77. The zero-order valence-corrected chi connectivity index (χ0v) is 15.1. The van der Waals surface area contributed by atoms with Gasteiger partial charge in [-0.05, 0) is 55.3 Å². The normalized spacial score (nSPS) is 10.1. The fourth-order valence-electron chi connectivity index (χ4n) is 2.26. The third kappa shape index (κ3) is 5.17. The second kappa shape index (κ2) is 8.80. The van der Waals surface area contributed by atoms with E-state index in [0.29, 0.717) is 29.1 Å². The molecule has 0 spiro atoms. The van der Waals surface area contributed by atoms with Crippen LogP contribution in [0.4, 0.5) is 11.4 Å². The topological polar surface area (TPSA) is 84.5 Å². The van der Waals surface area contributed by atoms with Crippen molar-refractivity contribution in [2.45, 2.75) is 27.2 Å². The van der Waals surface area contributed by atoms with Gasteiger partial charge in [0, 0.05) is 23.9 Å². The summed E-state index contributed by atoms with van der Waals surface area (Å²) in [6.45, 7) is 5.57. The second-order valence-electron chi connectivity index (χ2n) is 5.88. The number of aryl methyl sites for hydroxylation is 1. The van der Waals surface area contributed by atoms with Crippen molar-refractivity contribution in [2.24, 2.45) is 0 Å². The molecule has 0 unspecified atom stereocenters. The van der Waals surface area contributed by atoms with Crippen LogP contribution in [0.2, 0.25) is 0 Å². The number of anilines is 2. The first kappa shape index (κ1) is 19.2. The van der Waals surface area contributed by atoms with Crippen LogP contribution in [0.5, 0.6) is 0 Å². The van der Waals surface area contributed by atoms with Gasteiger partial charge in [0.15, 0.2) is 0 Å². The summed E-state index contributed by atoms with van der Waals surface area (Å²) in [6, 6.07) is 11.6. The van der Waals surface area contributed by atoms with Crippen LogP contribution < -0.4 is 10.6 Å². The quantitative estimate of drug-likeness (QED) is 0.773. The van der Waals surface area contributed by atoms with Crippen LogP contribution in [0.1, 0.15) is 46.5 Å². The van der Waals surface area contributed by atoms with E-state index in [1.807, 2.05) is 13.8 Å². The summed E-state index contributed by atoms with van der Waals surface area (Å²) in [5, 5.41) is 5.46. The lowest BCUT2D eigenvalue weighted by atomic mass is 10.1. The minimum absolute atomic E-state index is 0.198. The molecule has 0 aliphatic heterocycles. The van der Waals surface area contributed by atoms with Crippen LogP contribution in [-0.4, -0.2) is 24.4 Å². The summed E-state index contributed by atoms with van der Waals surface area (Å²) < 4.78 is 5.06. The van der Waals surface area contributed by atoms with E-state index in [2.05, 4.69) is 10.6 Å². The fourth-order valence-corrected chi connectivity index (χ4v) is 2.26. The van der Waals surface area contributed by atoms with Gasteiger partial charge in [0.2, 0.25) is 5.91 Å². The van der Waals surface area contributed by atoms with Crippen LogP contribution >= 0.6 is 0 Å². The van der Waals surface area contributed by atoms with Crippen LogP contribution in [0, 0.1) is 6.92 Å². The molecule has 6 heteroatoms. The Kier molecular flexibility index (Phi) is 6.49. The highest BCUT2D eigenvalue weighted by molar-refractivity contribution is 6.05. The lowest BCUT2D eigenvalue weighted by molar-refractivity contribution is -0.114. The smallest absolute Gasteiger partial charge is 0.338 e. The second-order valence-corrected chi connectivity index (χ2v) is 5.88. The first-order valence-electron chi connectivity index (χ1n) is 8.37. The van der Waals surface area contributed by atoms with E-state index < -0.39 is 0 Å². The molecule has 0 heterocycles. The van der Waals surface area contributed by atoms with E-state index in [-0.39, 0.29) is 17.8 Å². The summed E-state index contributed by atoms with van der Waals surface area (Å²) in [4.78, 5) is 35.4. The van der Waals surface area contributed by atoms with Crippen LogP contribution in [0.15, 0.2) is 42.5 Å². The summed E-state index contributed by atoms with van der Waals surface area (Å²) in [5.41, 5.74) is 2.88. The average molecular weight is 354 g/mol. The Balaban J connectivity index is 2.07. The van der Waals surface area contributed by atoms with E-state index in [1.165, 1.54) is 6.92 Å². The van der Waals surface area contributed by atoms with Gasteiger partial charge in [-0.2, -0.15) is 0 Å². The molecule has 6 nitrogen and oxygen atoms in total. The molecule has 136 valence electrons. The van der Waals surface area contributed by atoms with E-state index in [9.17, 15) is 14.4 Å². The zero-order valence-electron chi connectivity index (χ0n) is 15.1. The standard InChI is InChI=1S/C20H22N2O4/c1-4-11-26-20(25)15-7-9-17(10-8-15)22-19(24)16-6-5-13(2)18(12-16)21-14(3)23/h5-10,12H,4,11H2,1-3H3,(H,21,23)(H,22,24). The monoisotopic (exact) mass is 354 g/mol. The van der Waals surface area contributed by atoms with Gasteiger partial charge in [0.05, 0.1) is 12.2 Å². The largest absolute Gasteiger partial charge is 0.462 e. The molecule has 0 radical (unpaired) electrons. The molecule has 0 aliphatic rings. The highest BCUT2D eigenvalue weighted by atomic mass is 16.5. The Morgan fingerprint density at radius 1 is 0.962 bits per heavy atom. The lowest BCUT2D eigenvalue weighted by Crippen LogP contribution is -2.14. The number of hydrogen-bond donors (Lipinski definition) is 2. The molecule has 2 N–H and O–H groups in total. The maximum atomic E-state index is 12.4. The van der Waals surface area contributed by atoms with Crippen molar-refractivity contribution in [3.63, 3.8) is 0 Å². The summed E-state index contributed by atoms with van der Waals surface area (Å²) in [5.74, 6) is -0.891. The Morgan fingerprint density at radius 2 is 1.62 bits per heavy atom. The molecule has 0 saturated heterocycles. The molecule has 0 fully saturated rings. The first-order valence-corrected chi connectivity index (χ1v) is 8.37. The molecular formula is C20H22N2O4. The van der Waals surface area contributed by atoms with E-state index in [4.69, 9.17) is 4.74 Å². The van der Waals surface area contributed by atoms with Gasteiger partial charge in [0.25, 0.3) is 5.91 Å². The predicted molar refractivity (Wildman–Crippen MR) is 100 cm³/mol. The third-order valence-electron chi connectivity index (χ3n) is 3.63. The lowest BCUT2D eigenvalue weighted by Gasteiger charge is -2.10. The molecule has 2 aromatic carbocycles. The van der Waals surface area contributed by atoms with Gasteiger partial charge in [0.1, 0.15) is 0 Å². The maximum Gasteiger partial charge on any atom is 0.338 e. The molecular weight excluding hydrogens is 332 g/mol. The Labute approximate surface area is 152 Å². The van der Waals surface area contributed by atoms with Crippen molar-refractivity contribution >= 4 is 29.2 Å². The summed E-state index contributed by atoms with van der Waals surface area (Å²) in [6.07, 6.45) is 0.761. The van der Waals surface area contributed by atoms with Crippen LogP contribution in [0.25, 0.3) is 0 Å². The molecule has 2 amide bonds.